The topological polar surface area (TPSA) is 104 Å². The highest BCUT2D eigenvalue weighted by atomic mass is 19.2. The fourth-order valence-corrected chi connectivity index (χ4v) is 3.38. The Hall–Kier alpha value is -3.89. The Morgan fingerprint density at radius 2 is 1.84 bits per heavy atom. The Labute approximate surface area is 175 Å². The van der Waals surface area contributed by atoms with Gasteiger partial charge in [-0.15, -0.1) is 0 Å². The predicted molar refractivity (Wildman–Crippen MR) is 104 cm³/mol. The van der Waals surface area contributed by atoms with Crippen LogP contribution >= 0.6 is 0 Å². The van der Waals surface area contributed by atoms with Crippen molar-refractivity contribution in [2.24, 2.45) is 10.3 Å². The predicted octanol–water partition coefficient (Wildman–Crippen LogP) is 2.30. The number of amides is 3. The molecule has 2 atom stereocenters. The molecule has 1 N–H and O–H groups in total. The first kappa shape index (κ1) is 20.4. The molecule has 2 aliphatic rings. The quantitative estimate of drug-likeness (QED) is 0.710. The van der Waals surface area contributed by atoms with Crippen molar-refractivity contribution in [1.82, 2.24) is 5.01 Å². The van der Waals surface area contributed by atoms with Gasteiger partial charge in [-0.2, -0.15) is 5.11 Å². The lowest BCUT2D eigenvalue weighted by Crippen LogP contribution is -2.43. The largest absolute Gasteiger partial charge is 0.494 e. The number of carbonyl (C=O) groups is 3. The molecule has 0 aliphatic carbocycles. The second kappa shape index (κ2) is 8.09. The number of halogens is 2. The minimum absolute atomic E-state index is 0.114. The summed E-state index contributed by atoms with van der Waals surface area (Å²) in [6, 6.07) is 7.13. The third-order valence-electron chi connectivity index (χ3n) is 4.77. The van der Waals surface area contributed by atoms with Crippen molar-refractivity contribution in [2.75, 3.05) is 23.4 Å². The number of nitrogens with one attached hydrogen (secondary N) is 1. The molecule has 160 valence electrons. The molecule has 0 aromatic heterocycles. The Bertz CT molecular complexity index is 1080. The Morgan fingerprint density at radius 3 is 2.52 bits per heavy atom. The molecule has 2 aromatic rings. The van der Waals surface area contributed by atoms with Crippen LogP contribution in [0.3, 0.4) is 0 Å². The van der Waals surface area contributed by atoms with E-state index >= 15 is 0 Å². The van der Waals surface area contributed by atoms with Gasteiger partial charge in [0.1, 0.15) is 12.3 Å². The van der Waals surface area contributed by atoms with Crippen LogP contribution in [0.25, 0.3) is 0 Å². The number of benzene rings is 2. The van der Waals surface area contributed by atoms with Gasteiger partial charge in [0, 0.05) is 11.8 Å². The molecule has 9 nitrogen and oxygen atoms in total. The number of ether oxygens (including phenoxy) is 1. The van der Waals surface area contributed by atoms with Crippen LogP contribution in [0.15, 0.2) is 52.8 Å². The van der Waals surface area contributed by atoms with Crippen molar-refractivity contribution < 1.29 is 27.9 Å². The van der Waals surface area contributed by atoms with Gasteiger partial charge < -0.3 is 10.1 Å². The lowest BCUT2D eigenvalue weighted by molar-refractivity contribution is -0.123. The first-order chi connectivity index (χ1) is 14.9. The van der Waals surface area contributed by atoms with Crippen LogP contribution in [-0.4, -0.2) is 48.0 Å². The molecule has 2 heterocycles. The van der Waals surface area contributed by atoms with E-state index in [1.807, 2.05) is 6.92 Å². The van der Waals surface area contributed by atoms with Gasteiger partial charge in [0.15, 0.2) is 23.7 Å². The molecular weight excluding hydrogens is 412 g/mol. The Balaban J connectivity index is 1.45. The van der Waals surface area contributed by atoms with E-state index in [2.05, 4.69) is 15.7 Å². The van der Waals surface area contributed by atoms with Crippen LogP contribution in [0.1, 0.15) is 6.92 Å². The van der Waals surface area contributed by atoms with Crippen molar-refractivity contribution in [2.45, 2.75) is 19.0 Å². The van der Waals surface area contributed by atoms with Gasteiger partial charge in [-0.25, -0.2) is 13.7 Å². The molecule has 1 fully saturated rings. The molecule has 0 saturated carbocycles. The van der Waals surface area contributed by atoms with E-state index in [9.17, 15) is 23.2 Å². The summed E-state index contributed by atoms with van der Waals surface area (Å²) >= 11 is 0. The molecule has 2 aromatic carbocycles. The number of anilines is 2. The van der Waals surface area contributed by atoms with Crippen molar-refractivity contribution >= 4 is 29.1 Å². The van der Waals surface area contributed by atoms with Crippen molar-refractivity contribution in [3.05, 3.63) is 54.1 Å². The number of hydrogen-bond acceptors (Lipinski definition) is 7. The number of rotatable bonds is 6. The third kappa shape index (κ3) is 3.81. The summed E-state index contributed by atoms with van der Waals surface area (Å²) in [6.07, 6.45) is 0. The molecule has 4 rings (SSSR count). The summed E-state index contributed by atoms with van der Waals surface area (Å²) in [5.41, 5.74) is 0.399. The molecule has 2 aliphatic heterocycles. The minimum Gasteiger partial charge on any atom is -0.494 e. The fraction of sp³-hybridized carbons (Fsp3) is 0.250. The Kier molecular flexibility index (Phi) is 5.32. The van der Waals surface area contributed by atoms with Gasteiger partial charge >= 0.3 is 0 Å². The van der Waals surface area contributed by atoms with Gasteiger partial charge in [-0.05, 0) is 43.3 Å². The number of nitrogens with zero attached hydrogens (tertiary/aromatic N) is 4. The summed E-state index contributed by atoms with van der Waals surface area (Å²) in [5, 5.41) is 11.3. The maximum Gasteiger partial charge on any atom is 0.263 e. The average molecular weight is 429 g/mol. The number of carbonyl (C=O) groups excluding carboxylic acids is 3. The van der Waals surface area contributed by atoms with Crippen LogP contribution in [0, 0.1) is 11.6 Å². The van der Waals surface area contributed by atoms with Crippen molar-refractivity contribution in [1.29, 1.82) is 0 Å². The van der Waals surface area contributed by atoms with Crippen LogP contribution in [0.2, 0.25) is 0 Å². The molecule has 2 unspecified atom stereocenters. The third-order valence-corrected chi connectivity index (χ3v) is 4.77. The normalized spacial score (nSPS) is 19.7. The van der Waals surface area contributed by atoms with Crippen LogP contribution in [0.4, 0.5) is 20.2 Å². The molecule has 0 radical (unpaired) electrons. The van der Waals surface area contributed by atoms with Gasteiger partial charge in [-0.3, -0.25) is 19.4 Å². The van der Waals surface area contributed by atoms with E-state index in [0.29, 0.717) is 18.0 Å². The van der Waals surface area contributed by atoms with Crippen molar-refractivity contribution in [3.63, 3.8) is 0 Å². The molecule has 0 bridgehead atoms. The summed E-state index contributed by atoms with van der Waals surface area (Å²) in [7, 11) is 0. The number of hydrogen-bond donors (Lipinski definition) is 1. The van der Waals surface area contributed by atoms with Crippen LogP contribution in [-0.2, 0) is 14.4 Å². The maximum atomic E-state index is 13.6. The summed E-state index contributed by atoms with van der Waals surface area (Å²) in [6.45, 7) is 2.04. The SMILES string of the molecule is CCOc1ccc(NC(=O)CN2N=NC3C(=O)N(c4ccc(F)c(F)c4)C(=O)C32)cc1. The molecule has 0 spiro atoms. The zero-order chi connectivity index (χ0) is 22.1. The van der Waals surface area contributed by atoms with E-state index in [1.54, 1.807) is 24.3 Å². The monoisotopic (exact) mass is 429 g/mol. The van der Waals surface area contributed by atoms with E-state index in [1.165, 1.54) is 0 Å². The molecule has 3 amide bonds. The first-order valence-corrected chi connectivity index (χ1v) is 9.42. The second-order valence-corrected chi connectivity index (χ2v) is 6.81. The van der Waals surface area contributed by atoms with Gasteiger partial charge in [0.2, 0.25) is 5.91 Å². The summed E-state index contributed by atoms with van der Waals surface area (Å²) in [4.78, 5) is 38.6. The van der Waals surface area contributed by atoms with E-state index in [-0.39, 0.29) is 12.2 Å². The summed E-state index contributed by atoms with van der Waals surface area (Å²) < 4.78 is 32.1. The van der Waals surface area contributed by atoms with Crippen molar-refractivity contribution in [3.8, 4) is 5.75 Å². The lowest BCUT2D eigenvalue weighted by atomic mass is 10.1. The smallest absolute Gasteiger partial charge is 0.263 e. The van der Waals surface area contributed by atoms with E-state index in [0.717, 1.165) is 28.1 Å². The minimum atomic E-state index is -1.19. The highest BCUT2D eigenvalue weighted by Crippen LogP contribution is 2.32. The molecule has 11 heteroatoms. The lowest BCUT2D eigenvalue weighted by Gasteiger charge is -2.20. The molecule has 31 heavy (non-hydrogen) atoms. The van der Waals surface area contributed by atoms with Gasteiger partial charge in [-0.1, -0.05) is 5.22 Å². The number of imide groups is 1. The van der Waals surface area contributed by atoms with E-state index in [4.69, 9.17) is 4.74 Å². The van der Waals surface area contributed by atoms with Gasteiger partial charge in [0.25, 0.3) is 11.8 Å². The number of fused-ring (bicyclic) bond motifs is 1. The maximum absolute atomic E-state index is 13.6. The average Bonchev–Trinajstić information content (AvgIpc) is 3.25. The standard InChI is InChI=1S/C20H17F2N5O4/c1-2-31-13-6-3-11(4-7-13)23-16(28)10-26-18-17(24-25-26)19(29)27(20(18)30)12-5-8-14(21)15(22)9-12/h3-9,17-18H,2,10H2,1H3,(H,23,28). The highest BCUT2D eigenvalue weighted by Gasteiger charge is 2.55. The molecule has 1 saturated heterocycles. The summed E-state index contributed by atoms with van der Waals surface area (Å²) in [5.74, 6) is -3.56. The first-order valence-electron chi connectivity index (χ1n) is 9.42. The second-order valence-electron chi connectivity index (χ2n) is 6.81. The Morgan fingerprint density at radius 1 is 1.10 bits per heavy atom. The van der Waals surface area contributed by atoms with Gasteiger partial charge in [0.05, 0.1) is 12.3 Å². The molecular formula is C20H17F2N5O4. The van der Waals surface area contributed by atoms with E-state index < -0.39 is 41.4 Å². The zero-order valence-electron chi connectivity index (χ0n) is 16.3. The van der Waals surface area contributed by atoms with Crippen LogP contribution in [0.5, 0.6) is 5.75 Å². The van der Waals surface area contributed by atoms with Crippen LogP contribution < -0.4 is 15.0 Å². The fourth-order valence-electron chi connectivity index (χ4n) is 3.38. The highest BCUT2D eigenvalue weighted by molar-refractivity contribution is 6.25. The zero-order valence-corrected chi connectivity index (χ0v) is 16.3.